The Bertz CT molecular complexity index is 262. The van der Waals surface area contributed by atoms with Gasteiger partial charge in [-0.15, -0.1) is 0 Å². The van der Waals surface area contributed by atoms with E-state index >= 15 is 0 Å². The minimum atomic E-state index is -1.64. The minimum absolute atomic E-state index is 0.574. The molecule has 4 N–H and O–H groups in total. The minimum Gasteiger partial charge on any atom is -0.478 e. The fourth-order valence-electron chi connectivity index (χ4n) is 0.558. The van der Waals surface area contributed by atoms with Crippen LogP contribution in [0.1, 0.15) is 6.92 Å². The van der Waals surface area contributed by atoms with Crippen LogP contribution in [0, 0.1) is 0 Å². The Labute approximate surface area is 67.3 Å². The zero-order chi connectivity index (χ0) is 9.89. The maximum Gasteiger partial charge on any atom is 0.341 e. The Balaban J connectivity index is 5.23. The summed E-state index contributed by atoms with van der Waals surface area (Å²) in [5.41, 5.74) is 3.16. The molecule has 0 aliphatic rings. The Morgan fingerprint density at radius 3 is 1.58 bits per heavy atom. The molecule has 0 spiro atoms. The van der Waals surface area contributed by atoms with E-state index in [-0.39, 0.29) is 0 Å². The van der Waals surface area contributed by atoms with Crippen molar-refractivity contribution in [2.45, 2.75) is 6.92 Å². The summed E-state index contributed by atoms with van der Waals surface area (Å²) >= 11 is 0. The predicted molar refractivity (Wildman–Crippen MR) is 37.2 cm³/mol. The molecule has 6 heteroatoms. The Morgan fingerprint density at radius 2 is 1.50 bits per heavy atom. The van der Waals surface area contributed by atoms with Crippen molar-refractivity contribution >= 4 is 17.8 Å². The lowest BCUT2D eigenvalue weighted by molar-refractivity contribution is -0.137. The molecule has 0 aromatic rings. The third kappa shape index (κ3) is 2.08. The van der Waals surface area contributed by atoms with Crippen molar-refractivity contribution in [3.8, 4) is 0 Å². The van der Waals surface area contributed by atoms with Gasteiger partial charge in [-0.2, -0.15) is 0 Å². The number of hydrogen-bond acceptors (Lipinski definition) is 3. The first-order valence-electron chi connectivity index (χ1n) is 2.85. The van der Waals surface area contributed by atoms with Gasteiger partial charge >= 0.3 is 11.9 Å². The number of rotatable bonds is 3. The summed E-state index contributed by atoms with van der Waals surface area (Å²) in [6, 6.07) is 0. The molecule has 0 rings (SSSR count). The monoisotopic (exact) mass is 173 g/mol. The lowest BCUT2D eigenvalue weighted by atomic mass is 10.1. The lowest BCUT2D eigenvalue weighted by Crippen LogP contribution is -2.23. The molecule has 1 amide bonds. The number of amides is 1. The van der Waals surface area contributed by atoms with E-state index in [0.29, 0.717) is 0 Å². The van der Waals surface area contributed by atoms with Gasteiger partial charge in [0.2, 0.25) is 0 Å². The second-order valence-electron chi connectivity index (χ2n) is 1.97. The van der Waals surface area contributed by atoms with Crippen LogP contribution in [0.15, 0.2) is 11.1 Å². The molecule has 0 fully saturated rings. The van der Waals surface area contributed by atoms with Crippen molar-refractivity contribution < 1.29 is 24.6 Å². The second kappa shape index (κ2) is 3.51. The SMILES string of the molecule is C/C(C(=O)O)=C(/C(N)=O)C(=O)O. The van der Waals surface area contributed by atoms with Gasteiger partial charge in [0.25, 0.3) is 5.91 Å². The van der Waals surface area contributed by atoms with E-state index in [1.54, 1.807) is 0 Å². The first-order valence-corrected chi connectivity index (χ1v) is 2.85. The van der Waals surface area contributed by atoms with E-state index in [4.69, 9.17) is 10.2 Å². The van der Waals surface area contributed by atoms with Gasteiger partial charge in [-0.1, -0.05) is 0 Å². The highest BCUT2D eigenvalue weighted by molar-refractivity contribution is 6.19. The van der Waals surface area contributed by atoms with Crippen LogP contribution in [0.5, 0.6) is 0 Å². The zero-order valence-corrected chi connectivity index (χ0v) is 6.20. The molecule has 0 unspecified atom stereocenters. The van der Waals surface area contributed by atoms with Crippen molar-refractivity contribution in [2.24, 2.45) is 5.73 Å². The second-order valence-corrected chi connectivity index (χ2v) is 1.97. The van der Waals surface area contributed by atoms with E-state index in [0.717, 1.165) is 6.92 Å². The number of carbonyl (C=O) groups is 3. The molecule has 0 aromatic carbocycles. The Morgan fingerprint density at radius 1 is 1.08 bits per heavy atom. The van der Waals surface area contributed by atoms with Crippen molar-refractivity contribution in [3.05, 3.63) is 11.1 Å². The van der Waals surface area contributed by atoms with E-state index in [1.165, 1.54) is 0 Å². The van der Waals surface area contributed by atoms with Crippen LogP contribution in [0.25, 0.3) is 0 Å². The van der Waals surface area contributed by atoms with E-state index in [1.807, 2.05) is 0 Å². The van der Waals surface area contributed by atoms with Gasteiger partial charge in [0.15, 0.2) is 0 Å². The van der Waals surface area contributed by atoms with Gasteiger partial charge in [-0.05, 0) is 6.92 Å². The number of carboxylic acid groups (broad SMARTS) is 2. The molecule has 0 atom stereocenters. The number of nitrogens with two attached hydrogens (primary N) is 1. The highest BCUT2D eigenvalue weighted by Gasteiger charge is 2.20. The molecule has 0 saturated heterocycles. The van der Waals surface area contributed by atoms with Gasteiger partial charge in [0, 0.05) is 0 Å². The van der Waals surface area contributed by atoms with Crippen LogP contribution in [-0.4, -0.2) is 28.1 Å². The molecule has 0 saturated carbocycles. The number of carboxylic acids is 2. The molecular formula is C6H7NO5. The lowest BCUT2D eigenvalue weighted by Gasteiger charge is -1.98. The predicted octanol–water partition coefficient (Wildman–Crippen LogP) is -1.04. The van der Waals surface area contributed by atoms with Gasteiger partial charge in [0.1, 0.15) is 5.57 Å². The first kappa shape index (κ1) is 10.2. The number of primary amides is 1. The molecule has 12 heavy (non-hydrogen) atoms. The summed E-state index contributed by atoms with van der Waals surface area (Å²) in [6.07, 6.45) is 0. The Hall–Kier alpha value is -1.85. The molecule has 0 aromatic heterocycles. The summed E-state index contributed by atoms with van der Waals surface area (Å²) in [4.78, 5) is 30.9. The van der Waals surface area contributed by atoms with Gasteiger partial charge in [-0.3, -0.25) is 4.79 Å². The molecule has 0 aliphatic carbocycles. The van der Waals surface area contributed by atoms with E-state index in [9.17, 15) is 14.4 Å². The topological polar surface area (TPSA) is 118 Å². The molecule has 0 aliphatic heterocycles. The van der Waals surface area contributed by atoms with Gasteiger partial charge in [0.05, 0.1) is 5.57 Å². The third-order valence-corrected chi connectivity index (χ3v) is 1.16. The number of hydrogen-bond donors (Lipinski definition) is 3. The Kier molecular flexibility index (Phi) is 2.97. The largest absolute Gasteiger partial charge is 0.478 e. The van der Waals surface area contributed by atoms with Gasteiger partial charge in [-0.25, -0.2) is 9.59 Å². The summed E-state index contributed by atoms with van der Waals surface area (Å²) in [6.45, 7) is 0.997. The normalized spacial score (nSPS) is 11.8. The summed E-state index contributed by atoms with van der Waals surface area (Å²) in [5.74, 6) is -4.38. The summed E-state index contributed by atoms with van der Waals surface area (Å²) < 4.78 is 0. The number of aliphatic carboxylic acids is 2. The summed E-state index contributed by atoms with van der Waals surface area (Å²) in [5, 5.41) is 16.7. The van der Waals surface area contributed by atoms with Crippen molar-refractivity contribution in [3.63, 3.8) is 0 Å². The molecule has 0 bridgehead atoms. The smallest absolute Gasteiger partial charge is 0.341 e. The van der Waals surface area contributed by atoms with Crippen molar-refractivity contribution in [1.82, 2.24) is 0 Å². The third-order valence-electron chi connectivity index (χ3n) is 1.16. The quantitative estimate of drug-likeness (QED) is 0.286. The van der Waals surface area contributed by atoms with Crippen LogP contribution in [-0.2, 0) is 14.4 Å². The van der Waals surface area contributed by atoms with Crippen molar-refractivity contribution in [1.29, 1.82) is 0 Å². The van der Waals surface area contributed by atoms with Crippen LogP contribution >= 0.6 is 0 Å². The zero-order valence-electron chi connectivity index (χ0n) is 6.20. The van der Waals surface area contributed by atoms with Crippen molar-refractivity contribution in [2.75, 3.05) is 0 Å². The van der Waals surface area contributed by atoms with Crippen LogP contribution < -0.4 is 5.73 Å². The average molecular weight is 173 g/mol. The van der Waals surface area contributed by atoms with Gasteiger partial charge < -0.3 is 15.9 Å². The number of carbonyl (C=O) groups excluding carboxylic acids is 1. The summed E-state index contributed by atoms with van der Waals surface area (Å²) in [7, 11) is 0. The molecule has 0 radical (unpaired) electrons. The standard InChI is InChI=1S/C6H7NO5/c1-2(5(9)10)3(4(7)8)6(11)12/h1H3,(H2,7,8)(H,9,10)(H,11,12)/b3-2+. The average Bonchev–Trinajstić information content (AvgIpc) is 1.85. The van der Waals surface area contributed by atoms with E-state index in [2.05, 4.69) is 5.73 Å². The highest BCUT2D eigenvalue weighted by atomic mass is 16.4. The van der Waals surface area contributed by atoms with Crippen LogP contribution in [0.2, 0.25) is 0 Å². The maximum absolute atomic E-state index is 10.4. The van der Waals surface area contributed by atoms with E-state index < -0.39 is 29.0 Å². The highest BCUT2D eigenvalue weighted by Crippen LogP contribution is 2.03. The molecule has 6 nitrogen and oxygen atoms in total. The fourth-order valence-corrected chi connectivity index (χ4v) is 0.558. The molecular weight excluding hydrogens is 166 g/mol. The van der Waals surface area contributed by atoms with Crippen LogP contribution in [0.4, 0.5) is 0 Å². The fraction of sp³-hybridized carbons (Fsp3) is 0.167. The molecule has 0 heterocycles. The maximum atomic E-state index is 10.4. The molecule has 66 valence electrons. The first-order chi connectivity index (χ1) is 5.37. The van der Waals surface area contributed by atoms with Crippen LogP contribution in [0.3, 0.4) is 0 Å².